The van der Waals surface area contributed by atoms with E-state index in [1.54, 1.807) is 12.1 Å². The molecule has 2 atom stereocenters. The van der Waals surface area contributed by atoms with Gasteiger partial charge in [-0.05, 0) is 37.0 Å². The first-order valence-corrected chi connectivity index (χ1v) is 7.67. The number of phenolic OH excluding ortho intramolecular Hbond substituents is 1. The predicted molar refractivity (Wildman–Crippen MR) is 84.1 cm³/mol. The average Bonchev–Trinajstić information content (AvgIpc) is 2.45. The molecule has 1 rings (SSSR count). The molecule has 0 amide bonds. The largest absolute Gasteiger partial charge is 0.504 e. The van der Waals surface area contributed by atoms with Gasteiger partial charge in [-0.15, -0.1) is 0 Å². The minimum atomic E-state index is -0.455. The van der Waals surface area contributed by atoms with E-state index < -0.39 is 6.10 Å². The number of methoxy groups -OCH3 is 1. The minimum absolute atomic E-state index is 0.0983. The minimum Gasteiger partial charge on any atom is -0.504 e. The van der Waals surface area contributed by atoms with Gasteiger partial charge in [0.2, 0.25) is 0 Å². The van der Waals surface area contributed by atoms with E-state index >= 15 is 0 Å². The van der Waals surface area contributed by atoms with E-state index in [9.17, 15) is 15.0 Å². The number of aryl methyl sites for hydroxylation is 1. The Labute approximate surface area is 131 Å². The van der Waals surface area contributed by atoms with Crippen molar-refractivity contribution in [1.82, 2.24) is 0 Å². The molecule has 2 unspecified atom stereocenters. The molecule has 0 saturated carbocycles. The van der Waals surface area contributed by atoms with E-state index in [0.717, 1.165) is 12.0 Å². The van der Waals surface area contributed by atoms with Gasteiger partial charge < -0.3 is 19.7 Å². The van der Waals surface area contributed by atoms with Gasteiger partial charge in [-0.25, -0.2) is 0 Å². The lowest BCUT2D eigenvalue weighted by molar-refractivity contribution is -0.148. The highest BCUT2D eigenvalue weighted by Crippen LogP contribution is 2.27. The number of aliphatic hydroxyl groups is 1. The Kier molecular flexibility index (Phi) is 7.74. The van der Waals surface area contributed by atoms with E-state index in [2.05, 4.69) is 0 Å². The third-order valence-electron chi connectivity index (χ3n) is 3.49. The fraction of sp³-hybridized carbons (Fsp3) is 0.588. The monoisotopic (exact) mass is 310 g/mol. The van der Waals surface area contributed by atoms with Crippen LogP contribution in [0.4, 0.5) is 0 Å². The molecule has 5 heteroatoms. The lowest BCUT2D eigenvalue weighted by Crippen LogP contribution is -2.23. The van der Waals surface area contributed by atoms with E-state index in [4.69, 9.17) is 9.47 Å². The Hall–Kier alpha value is -1.75. The number of aliphatic hydroxyl groups excluding tert-OH is 1. The quantitative estimate of drug-likeness (QED) is 0.686. The van der Waals surface area contributed by atoms with Crippen LogP contribution in [0.15, 0.2) is 18.2 Å². The van der Waals surface area contributed by atoms with Gasteiger partial charge in [0.1, 0.15) is 6.10 Å². The van der Waals surface area contributed by atoms with Crippen molar-refractivity contribution in [3.63, 3.8) is 0 Å². The molecule has 5 nitrogen and oxygen atoms in total. The van der Waals surface area contributed by atoms with Crippen molar-refractivity contribution in [3.05, 3.63) is 23.8 Å². The smallest absolute Gasteiger partial charge is 0.302 e. The van der Waals surface area contributed by atoms with Crippen LogP contribution in [0.2, 0.25) is 0 Å². The zero-order valence-electron chi connectivity index (χ0n) is 13.5. The number of hydrogen-bond acceptors (Lipinski definition) is 5. The molecule has 2 N–H and O–H groups in total. The fourth-order valence-corrected chi connectivity index (χ4v) is 2.42. The Bertz CT molecular complexity index is 472. The fourth-order valence-electron chi connectivity index (χ4n) is 2.42. The Balaban J connectivity index is 2.63. The molecule has 0 aliphatic heterocycles. The maximum absolute atomic E-state index is 11.2. The summed E-state index contributed by atoms with van der Waals surface area (Å²) in [5.74, 6) is 0.186. The van der Waals surface area contributed by atoms with Crippen molar-refractivity contribution in [2.75, 3.05) is 7.11 Å². The van der Waals surface area contributed by atoms with Gasteiger partial charge >= 0.3 is 5.97 Å². The van der Waals surface area contributed by atoms with Crippen LogP contribution in [-0.4, -0.2) is 35.5 Å². The van der Waals surface area contributed by atoms with Crippen LogP contribution in [0.3, 0.4) is 0 Å². The second kappa shape index (κ2) is 9.30. The second-order valence-corrected chi connectivity index (χ2v) is 5.45. The topological polar surface area (TPSA) is 76.0 Å². The summed E-state index contributed by atoms with van der Waals surface area (Å²) < 4.78 is 10.4. The molecule has 0 aliphatic carbocycles. The molecular formula is C17H26O5. The van der Waals surface area contributed by atoms with Crippen LogP contribution >= 0.6 is 0 Å². The molecule has 1 aromatic carbocycles. The van der Waals surface area contributed by atoms with Crippen LogP contribution in [0, 0.1) is 0 Å². The molecule has 0 aromatic heterocycles. The van der Waals surface area contributed by atoms with E-state index in [1.807, 2.05) is 13.0 Å². The summed E-state index contributed by atoms with van der Waals surface area (Å²) in [6.45, 7) is 3.38. The van der Waals surface area contributed by atoms with Gasteiger partial charge in [-0.1, -0.05) is 19.4 Å². The van der Waals surface area contributed by atoms with Crippen molar-refractivity contribution in [2.45, 2.75) is 58.2 Å². The van der Waals surface area contributed by atoms with Crippen molar-refractivity contribution in [2.24, 2.45) is 0 Å². The second-order valence-electron chi connectivity index (χ2n) is 5.45. The number of ether oxygens (including phenoxy) is 2. The van der Waals surface area contributed by atoms with Gasteiger partial charge in [0.15, 0.2) is 11.5 Å². The van der Waals surface area contributed by atoms with Crippen molar-refractivity contribution in [3.8, 4) is 11.5 Å². The number of phenols is 1. The molecule has 0 heterocycles. The summed E-state index contributed by atoms with van der Waals surface area (Å²) in [4.78, 5) is 11.2. The molecule has 0 aliphatic rings. The SMILES string of the molecule is CCCC(O)CC(CCc1ccc(O)c(OC)c1)OC(C)=O. The summed E-state index contributed by atoms with van der Waals surface area (Å²) in [6.07, 6.45) is 2.57. The normalized spacial score (nSPS) is 13.5. The number of benzene rings is 1. The lowest BCUT2D eigenvalue weighted by Gasteiger charge is -2.20. The maximum Gasteiger partial charge on any atom is 0.302 e. The van der Waals surface area contributed by atoms with Gasteiger partial charge in [0.05, 0.1) is 13.2 Å². The highest BCUT2D eigenvalue weighted by molar-refractivity contribution is 5.66. The zero-order chi connectivity index (χ0) is 16.5. The standard InChI is InChI=1S/C17H26O5/c1-4-5-14(19)11-15(22-12(2)18)8-6-13-7-9-16(20)17(10-13)21-3/h7,9-10,14-15,19-20H,4-6,8,11H2,1-3H3. The first-order chi connectivity index (χ1) is 10.5. The number of carbonyl (C=O) groups excluding carboxylic acids is 1. The zero-order valence-corrected chi connectivity index (χ0v) is 13.5. The lowest BCUT2D eigenvalue weighted by atomic mass is 10.0. The van der Waals surface area contributed by atoms with Gasteiger partial charge in [-0.2, -0.15) is 0 Å². The number of aromatic hydroxyl groups is 1. The summed E-state index contributed by atoms with van der Waals surface area (Å²) in [5, 5.41) is 19.5. The third-order valence-corrected chi connectivity index (χ3v) is 3.49. The molecule has 0 fully saturated rings. The molecule has 22 heavy (non-hydrogen) atoms. The van der Waals surface area contributed by atoms with E-state index in [0.29, 0.717) is 31.4 Å². The van der Waals surface area contributed by atoms with Crippen molar-refractivity contribution < 1.29 is 24.5 Å². The Morgan fingerprint density at radius 1 is 1.32 bits per heavy atom. The highest BCUT2D eigenvalue weighted by atomic mass is 16.5. The average molecular weight is 310 g/mol. The van der Waals surface area contributed by atoms with Gasteiger partial charge in [0, 0.05) is 13.3 Å². The molecule has 124 valence electrons. The van der Waals surface area contributed by atoms with Crippen molar-refractivity contribution in [1.29, 1.82) is 0 Å². The van der Waals surface area contributed by atoms with Crippen LogP contribution in [-0.2, 0) is 16.0 Å². The van der Waals surface area contributed by atoms with Crippen LogP contribution in [0.5, 0.6) is 11.5 Å². The number of esters is 1. The Morgan fingerprint density at radius 3 is 2.64 bits per heavy atom. The number of carbonyl (C=O) groups is 1. The predicted octanol–water partition coefficient (Wildman–Crippen LogP) is 2.82. The van der Waals surface area contributed by atoms with E-state index in [-0.39, 0.29) is 17.8 Å². The van der Waals surface area contributed by atoms with Crippen LogP contribution in [0.25, 0.3) is 0 Å². The molecule has 0 bridgehead atoms. The molecular weight excluding hydrogens is 284 g/mol. The van der Waals surface area contributed by atoms with Crippen molar-refractivity contribution >= 4 is 5.97 Å². The van der Waals surface area contributed by atoms with Gasteiger partial charge in [0.25, 0.3) is 0 Å². The maximum atomic E-state index is 11.2. The highest BCUT2D eigenvalue weighted by Gasteiger charge is 2.17. The summed E-state index contributed by atoms with van der Waals surface area (Å²) in [7, 11) is 1.50. The number of rotatable bonds is 9. The molecule has 1 aromatic rings. The molecule has 0 spiro atoms. The van der Waals surface area contributed by atoms with Crippen LogP contribution < -0.4 is 4.74 Å². The first-order valence-electron chi connectivity index (χ1n) is 7.67. The number of hydrogen-bond donors (Lipinski definition) is 2. The summed E-state index contributed by atoms with van der Waals surface area (Å²) in [5.41, 5.74) is 0.983. The molecule has 0 saturated heterocycles. The molecule has 0 radical (unpaired) electrons. The van der Waals surface area contributed by atoms with Gasteiger partial charge in [-0.3, -0.25) is 4.79 Å². The Morgan fingerprint density at radius 2 is 2.05 bits per heavy atom. The van der Waals surface area contributed by atoms with E-state index in [1.165, 1.54) is 14.0 Å². The summed E-state index contributed by atoms with van der Waals surface area (Å²) in [6, 6.07) is 5.16. The first kappa shape index (κ1) is 18.3. The third kappa shape index (κ3) is 6.35. The summed E-state index contributed by atoms with van der Waals surface area (Å²) >= 11 is 0. The van der Waals surface area contributed by atoms with Crippen LogP contribution in [0.1, 0.15) is 45.1 Å².